The van der Waals surface area contributed by atoms with Crippen molar-refractivity contribution in [3.8, 4) is 0 Å². The van der Waals surface area contributed by atoms with Crippen LogP contribution in [0, 0.1) is 0 Å². The van der Waals surface area contributed by atoms with Gasteiger partial charge in [0.05, 0.1) is 0 Å². The number of carbonyl (C=O) groups excluding carboxylic acids is 2. The molecule has 3 aliphatic carbocycles. The first kappa shape index (κ1) is 16.4. The minimum Gasteiger partial charge on any atom is -0.338 e. The van der Waals surface area contributed by atoms with E-state index in [2.05, 4.69) is 19.2 Å². The molecular formula is C21H26N2O2. The third-order valence-corrected chi connectivity index (χ3v) is 6.22. The summed E-state index contributed by atoms with van der Waals surface area (Å²) in [5.74, 6) is 0.0112. The van der Waals surface area contributed by atoms with Crippen LogP contribution in [0.1, 0.15) is 52.4 Å². The first-order valence-electron chi connectivity index (χ1n) is 9.48. The molecular weight excluding hydrogens is 312 g/mol. The second-order valence-electron chi connectivity index (χ2n) is 7.87. The molecule has 0 aromatic rings. The van der Waals surface area contributed by atoms with E-state index in [1.54, 1.807) is 0 Å². The third-order valence-electron chi connectivity index (χ3n) is 6.22. The van der Waals surface area contributed by atoms with Gasteiger partial charge in [0, 0.05) is 17.7 Å². The Morgan fingerprint density at radius 3 is 2.44 bits per heavy atom. The lowest BCUT2D eigenvalue weighted by Crippen LogP contribution is -2.60. The molecule has 132 valence electrons. The van der Waals surface area contributed by atoms with E-state index in [0.29, 0.717) is 5.57 Å². The summed E-state index contributed by atoms with van der Waals surface area (Å²) in [6, 6.07) is 0.523. The number of carbonyl (C=O) groups is 2. The summed E-state index contributed by atoms with van der Waals surface area (Å²) < 4.78 is 0. The highest BCUT2D eigenvalue weighted by molar-refractivity contribution is 6.04. The van der Waals surface area contributed by atoms with Crippen LogP contribution < -0.4 is 5.32 Å². The summed E-state index contributed by atoms with van der Waals surface area (Å²) in [6.45, 7) is 4.24. The van der Waals surface area contributed by atoms with Crippen molar-refractivity contribution in [3.05, 3.63) is 47.1 Å². The molecule has 0 bridgehead atoms. The van der Waals surface area contributed by atoms with Crippen LogP contribution in [0.5, 0.6) is 0 Å². The third kappa shape index (κ3) is 2.59. The van der Waals surface area contributed by atoms with E-state index in [1.165, 1.54) is 0 Å². The molecule has 0 aromatic carbocycles. The number of likely N-dealkylation sites (tertiary alicyclic amines) is 1. The topological polar surface area (TPSA) is 49.4 Å². The van der Waals surface area contributed by atoms with Gasteiger partial charge < -0.3 is 10.2 Å². The summed E-state index contributed by atoms with van der Waals surface area (Å²) in [4.78, 5) is 28.4. The molecule has 4 heteroatoms. The van der Waals surface area contributed by atoms with Gasteiger partial charge in [0.1, 0.15) is 5.54 Å². The van der Waals surface area contributed by atoms with Crippen molar-refractivity contribution in [1.29, 1.82) is 0 Å². The first-order valence-corrected chi connectivity index (χ1v) is 9.48. The van der Waals surface area contributed by atoms with Crippen molar-refractivity contribution in [2.45, 2.75) is 70.0 Å². The lowest BCUT2D eigenvalue weighted by atomic mass is 9.93. The lowest BCUT2D eigenvalue weighted by molar-refractivity contribution is -0.143. The Hall–Kier alpha value is -2.10. The summed E-state index contributed by atoms with van der Waals surface area (Å²) in [6.07, 6.45) is 15.4. The Balaban J connectivity index is 1.59. The molecule has 1 N–H and O–H groups in total. The van der Waals surface area contributed by atoms with Crippen LogP contribution in [0.25, 0.3) is 0 Å². The maximum Gasteiger partial charge on any atom is 0.252 e. The van der Waals surface area contributed by atoms with E-state index in [0.717, 1.165) is 49.7 Å². The molecule has 0 unspecified atom stereocenters. The van der Waals surface area contributed by atoms with Crippen LogP contribution in [0.3, 0.4) is 0 Å². The lowest BCUT2D eigenvalue weighted by Gasteiger charge is -2.37. The van der Waals surface area contributed by atoms with Crippen molar-refractivity contribution in [1.82, 2.24) is 10.2 Å². The Morgan fingerprint density at radius 2 is 1.76 bits per heavy atom. The molecule has 2 fully saturated rings. The standard InChI is InChI=1S/C21H26N2O2/c1-14-8-9-15(2)23(14)20(25)21(12-3-4-13-21)22-19(24)18-11-10-16-6-5-7-17(16)18/h5-7,10-11,14-15H,3-4,8-9,12-13H2,1-2H3,(H,22,24)/t14-,15+. The second kappa shape index (κ2) is 6.01. The van der Waals surface area contributed by atoms with E-state index in [-0.39, 0.29) is 23.9 Å². The number of hydrogen-bond acceptors (Lipinski definition) is 2. The maximum absolute atomic E-state index is 13.4. The fraction of sp³-hybridized carbons (Fsp3) is 0.524. The number of hydrogen-bond donors (Lipinski definition) is 1. The summed E-state index contributed by atoms with van der Waals surface area (Å²) in [5.41, 5.74) is 2.02. The summed E-state index contributed by atoms with van der Waals surface area (Å²) in [5, 5.41) is 3.16. The van der Waals surface area contributed by atoms with Gasteiger partial charge in [-0.15, -0.1) is 0 Å². The van der Waals surface area contributed by atoms with E-state index < -0.39 is 5.54 Å². The van der Waals surface area contributed by atoms with Gasteiger partial charge in [0.2, 0.25) is 5.91 Å². The summed E-state index contributed by atoms with van der Waals surface area (Å²) in [7, 11) is 0. The van der Waals surface area contributed by atoms with Crippen molar-refractivity contribution in [3.63, 3.8) is 0 Å². The van der Waals surface area contributed by atoms with Crippen LogP contribution in [0.2, 0.25) is 0 Å². The van der Waals surface area contributed by atoms with Gasteiger partial charge >= 0.3 is 0 Å². The number of amides is 2. The minimum absolute atomic E-state index is 0.115. The highest BCUT2D eigenvalue weighted by Crippen LogP contribution is 2.37. The molecule has 2 amide bonds. The molecule has 4 nitrogen and oxygen atoms in total. The van der Waals surface area contributed by atoms with Gasteiger partial charge in [0.15, 0.2) is 0 Å². The molecule has 4 rings (SSSR count). The monoisotopic (exact) mass is 338 g/mol. The largest absolute Gasteiger partial charge is 0.338 e. The second-order valence-corrected chi connectivity index (χ2v) is 7.87. The van der Waals surface area contributed by atoms with Gasteiger partial charge in [-0.25, -0.2) is 0 Å². The smallest absolute Gasteiger partial charge is 0.252 e. The zero-order chi connectivity index (χ0) is 17.6. The molecule has 25 heavy (non-hydrogen) atoms. The Kier molecular flexibility index (Phi) is 3.94. The van der Waals surface area contributed by atoms with Crippen LogP contribution >= 0.6 is 0 Å². The number of fused-ring (bicyclic) bond motifs is 1. The molecule has 0 radical (unpaired) electrons. The molecule has 1 saturated carbocycles. The van der Waals surface area contributed by atoms with E-state index >= 15 is 0 Å². The fourth-order valence-corrected chi connectivity index (χ4v) is 4.78. The first-order chi connectivity index (χ1) is 12.0. The molecule has 0 aromatic heterocycles. The maximum atomic E-state index is 13.4. The van der Waals surface area contributed by atoms with Crippen molar-refractivity contribution < 1.29 is 9.59 Å². The number of rotatable bonds is 3. The average molecular weight is 338 g/mol. The molecule has 1 saturated heterocycles. The number of nitrogens with one attached hydrogen (secondary N) is 1. The van der Waals surface area contributed by atoms with E-state index in [9.17, 15) is 9.59 Å². The molecule has 1 heterocycles. The minimum atomic E-state index is -0.722. The van der Waals surface area contributed by atoms with E-state index in [4.69, 9.17) is 0 Å². The highest BCUT2D eigenvalue weighted by Gasteiger charge is 2.48. The van der Waals surface area contributed by atoms with E-state index in [1.807, 2.05) is 35.3 Å². The Labute approximate surface area is 149 Å². The van der Waals surface area contributed by atoms with Crippen LogP contribution in [0.15, 0.2) is 47.1 Å². The highest BCUT2D eigenvalue weighted by atomic mass is 16.2. The number of nitrogens with zero attached hydrogens (tertiary/aromatic N) is 1. The average Bonchev–Trinajstić information content (AvgIpc) is 3.32. The van der Waals surface area contributed by atoms with Crippen LogP contribution in [-0.2, 0) is 9.59 Å². The molecule has 2 atom stereocenters. The predicted octanol–water partition coefficient (Wildman–Crippen LogP) is 3.18. The zero-order valence-corrected chi connectivity index (χ0v) is 15.0. The predicted molar refractivity (Wildman–Crippen MR) is 97.7 cm³/mol. The van der Waals surface area contributed by atoms with Gasteiger partial charge in [0.25, 0.3) is 5.91 Å². The summed E-state index contributed by atoms with van der Waals surface area (Å²) >= 11 is 0. The van der Waals surface area contributed by atoms with Gasteiger partial charge in [-0.1, -0.05) is 37.1 Å². The number of allylic oxidation sites excluding steroid dienone is 6. The Bertz CT molecular complexity index is 725. The van der Waals surface area contributed by atoms with Gasteiger partial charge in [-0.2, -0.15) is 0 Å². The fourth-order valence-electron chi connectivity index (χ4n) is 4.78. The Morgan fingerprint density at radius 1 is 1.08 bits per heavy atom. The van der Waals surface area contributed by atoms with Crippen molar-refractivity contribution >= 4 is 11.8 Å². The normalized spacial score (nSPS) is 29.4. The van der Waals surface area contributed by atoms with Crippen molar-refractivity contribution in [2.24, 2.45) is 0 Å². The molecule has 1 aliphatic heterocycles. The molecule has 0 spiro atoms. The van der Waals surface area contributed by atoms with Crippen LogP contribution in [-0.4, -0.2) is 34.3 Å². The quantitative estimate of drug-likeness (QED) is 0.859. The molecule has 4 aliphatic rings. The van der Waals surface area contributed by atoms with Crippen LogP contribution in [0.4, 0.5) is 0 Å². The zero-order valence-electron chi connectivity index (χ0n) is 15.0. The van der Waals surface area contributed by atoms with Gasteiger partial charge in [-0.05, 0) is 56.8 Å². The van der Waals surface area contributed by atoms with Crippen molar-refractivity contribution in [2.75, 3.05) is 0 Å². The SMILES string of the molecule is C[C@@H]1CC[C@H](C)N1C(=O)C1(NC(=O)C2=C3C=CC=C3C=C2)CCCC1. The van der Waals surface area contributed by atoms with Gasteiger partial charge in [-0.3, -0.25) is 9.59 Å².